The molecule has 20 heavy (non-hydrogen) atoms. The number of nitrogens with zero attached hydrogens (tertiary/aromatic N) is 2. The zero-order valence-electron chi connectivity index (χ0n) is 11.3. The number of thiocarbonyl (C=S) groups is 1. The van der Waals surface area contributed by atoms with Crippen LogP contribution in [0.15, 0.2) is 24.3 Å². The van der Waals surface area contributed by atoms with E-state index < -0.39 is 0 Å². The van der Waals surface area contributed by atoms with Gasteiger partial charge in [0.15, 0.2) is 5.11 Å². The molecule has 3 rings (SSSR count). The quantitative estimate of drug-likeness (QED) is 0.828. The van der Waals surface area contributed by atoms with E-state index >= 15 is 0 Å². The van der Waals surface area contributed by atoms with Gasteiger partial charge in [-0.15, -0.1) is 0 Å². The van der Waals surface area contributed by atoms with Crippen molar-refractivity contribution in [3.63, 3.8) is 0 Å². The van der Waals surface area contributed by atoms with E-state index in [1.54, 1.807) is 4.90 Å². The predicted octanol–water partition coefficient (Wildman–Crippen LogP) is 1.13. The Morgan fingerprint density at radius 3 is 2.35 bits per heavy atom. The van der Waals surface area contributed by atoms with Crippen molar-refractivity contribution >= 4 is 34.6 Å². The Morgan fingerprint density at radius 2 is 1.80 bits per heavy atom. The van der Waals surface area contributed by atoms with Gasteiger partial charge in [0.2, 0.25) is 0 Å². The summed E-state index contributed by atoms with van der Waals surface area (Å²) in [5.74, 6) is -0.00544. The van der Waals surface area contributed by atoms with Gasteiger partial charge in [0, 0.05) is 18.8 Å². The van der Waals surface area contributed by atoms with Crippen LogP contribution in [0.2, 0.25) is 0 Å². The van der Waals surface area contributed by atoms with Crippen LogP contribution in [0.1, 0.15) is 6.92 Å². The highest BCUT2D eigenvalue weighted by atomic mass is 32.1. The first-order valence-corrected chi connectivity index (χ1v) is 7.15. The minimum Gasteiger partial charge on any atom is -0.378 e. The fourth-order valence-corrected chi connectivity index (χ4v) is 2.86. The van der Waals surface area contributed by atoms with Crippen molar-refractivity contribution in [3.05, 3.63) is 24.3 Å². The van der Waals surface area contributed by atoms with Crippen LogP contribution >= 0.6 is 12.2 Å². The molecule has 6 heteroatoms. The Morgan fingerprint density at radius 1 is 1.20 bits per heavy atom. The maximum atomic E-state index is 12.1. The van der Waals surface area contributed by atoms with Crippen molar-refractivity contribution in [2.24, 2.45) is 0 Å². The molecular weight excluding hydrogens is 274 g/mol. The van der Waals surface area contributed by atoms with Crippen molar-refractivity contribution in [1.82, 2.24) is 5.32 Å². The van der Waals surface area contributed by atoms with E-state index in [1.165, 1.54) is 0 Å². The first-order chi connectivity index (χ1) is 9.66. The van der Waals surface area contributed by atoms with Gasteiger partial charge >= 0.3 is 0 Å². The molecule has 2 saturated heterocycles. The lowest BCUT2D eigenvalue weighted by Crippen LogP contribution is -2.36. The molecule has 0 bridgehead atoms. The second kappa shape index (κ2) is 5.38. The van der Waals surface area contributed by atoms with E-state index in [1.807, 2.05) is 31.2 Å². The lowest BCUT2D eigenvalue weighted by atomic mass is 10.2. The van der Waals surface area contributed by atoms with Crippen LogP contribution in [-0.4, -0.2) is 43.4 Å². The van der Waals surface area contributed by atoms with Gasteiger partial charge in [0.05, 0.1) is 18.9 Å². The third kappa shape index (κ3) is 2.36. The molecule has 0 radical (unpaired) electrons. The molecule has 2 aliphatic rings. The first kappa shape index (κ1) is 13.3. The summed E-state index contributed by atoms with van der Waals surface area (Å²) in [4.78, 5) is 15.9. The van der Waals surface area contributed by atoms with Gasteiger partial charge in [-0.05, 0) is 43.4 Å². The summed E-state index contributed by atoms with van der Waals surface area (Å²) in [5, 5.41) is 3.45. The number of amides is 1. The molecule has 2 heterocycles. The normalized spacial score (nSPS) is 23.1. The van der Waals surface area contributed by atoms with Crippen LogP contribution in [0.3, 0.4) is 0 Å². The minimum absolute atomic E-state index is 0.00544. The van der Waals surface area contributed by atoms with Crippen molar-refractivity contribution in [2.45, 2.75) is 13.0 Å². The van der Waals surface area contributed by atoms with E-state index in [9.17, 15) is 4.79 Å². The summed E-state index contributed by atoms with van der Waals surface area (Å²) < 4.78 is 5.35. The molecule has 0 aromatic heterocycles. The van der Waals surface area contributed by atoms with E-state index in [0.29, 0.717) is 5.11 Å². The summed E-state index contributed by atoms with van der Waals surface area (Å²) in [7, 11) is 0. The number of benzene rings is 1. The summed E-state index contributed by atoms with van der Waals surface area (Å²) in [6.45, 7) is 5.14. The summed E-state index contributed by atoms with van der Waals surface area (Å²) >= 11 is 5.20. The Balaban J connectivity index is 1.79. The third-order valence-electron chi connectivity index (χ3n) is 3.62. The zero-order valence-corrected chi connectivity index (χ0v) is 12.2. The van der Waals surface area contributed by atoms with Gasteiger partial charge in [-0.1, -0.05) is 0 Å². The van der Waals surface area contributed by atoms with E-state index in [2.05, 4.69) is 10.2 Å². The molecule has 1 N–H and O–H groups in total. The molecule has 5 nitrogen and oxygen atoms in total. The van der Waals surface area contributed by atoms with Gasteiger partial charge in [-0.2, -0.15) is 0 Å². The summed E-state index contributed by atoms with van der Waals surface area (Å²) in [6.07, 6.45) is 0. The van der Waals surface area contributed by atoms with Crippen LogP contribution in [0.5, 0.6) is 0 Å². The van der Waals surface area contributed by atoms with Crippen molar-refractivity contribution in [1.29, 1.82) is 0 Å². The van der Waals surface area contributed by atoms with Crippen LogP contribution in [-0.2, 0) is 9.53 Å². The molecule has 1 atom stereocenters. The van der Waals surface area contributed by atoms with Gasteiger partial charge in [0.1, 0.15) is 6.04 Å². The highest BCUT2D eigenvalue weighted by Crippen LogP contribution is 2.24. The van der Waals surface area contributed by atoms with E-state index in [-0.39, 0.29) is 11.9 Å². The van der Waals surface area contributed by atoms with Crippen molar-refractivity contribution in [3.8, 4) is 0 Å². The third-order valence-corrected chi connectivity index (χ3v) is 3.92. The van der Waals surface area contributed by atoms with Crippen molar-refractivity contribution in [2.75, 3.05) is 36.1 Å². The number of carbonyl (C=O) groups excluding carboxylic acids is 1. The topological polar surface area (TPSA) is 44.8 Å². The number of anilines is 2. The van der Waals surface area contributed by atoms with Crippen LogP contribution in [0.25, 0.3) is 0 Å². The Labute approximate surface area is 123 Å². The highest BCUT2D eigenvalue weighted by Gasteiger charge is 2.33. The molecule has 0 aliphatic carbocycles. The average Bonchev–Trinajstić information content (AvgIpc) is 2.73. The lowest BCUT2D eigenvalue weighted by molar-refractivity contribution is -0.117. The molecule has 2 aliphatic heterocycles. The van der Waals surface area contributed by atoms with Crippen LogP contribution in [0.4, 0.5) is 11.4 Å². The first-order valence-electron chi connectivity index (χ1n) is 6.74. The van der Waals surface area contributed by atoms with E-state index in [0.717, 1.165) is 37.7 Å². The predicted molar refractivity (Wildman–Crippen MR) is 82.2 cm³/mol. The number of ether oxygens (including phenoxy) is 1. The van der Waals surface area contributed by atoms with Gasteiger partial charge in [-0.25, -0.2) is 0 Å². The second-order valence-electron chi connectivity index (χ2n) is 4.96. The number of hydrogen-bond acceptors (Lipinski definition) is 4. The molecule has 1 unspecified atom stereocenters. The lowest BCUT2D eigenvalue weighted by Gasteiger charge is -2.29. The van der Waals surface area contributed by atoms with Gasteiger partial charge < -0.3 is 15.0 Å². The smallest absolute Gasteiger partial charge is 0.255 e. The molecule has 1 aromatic carbocycles. The Bertz CT molecular complexity index is 526. The standard InChI is InChI=1S/C14H17N3O2S/c1-10-13(18)17(14(20)15-10)12-4-2-11(3-5-12)16-6-8-19-9-7-16/h2-5,10H,6-9H2,1H3,(H,15,20). The van der Waals surface area contributed by atoms with Gasteiger partial charge in [-0.3, -0.25) is 9.69 Å². The summed E-state index contributed by atoms with van der Waals surface area (Å²) in [6, 6.07) is 7.68. The maximum Gasteiger partial charge on any atom is 0.255 e. The van der Waals surface area contributed by atoms with Crippen molar-refractivity contribution < 1.29 is 9.53 Å². The fourth-order valence-electron chi connectivity index (χ4n) is 2.48. The molecule has 1 aromatic rings. The Hall–Kier alpha value is -1.66. The maximum absolute atomic E-state index is 12.1. The summed E-state index contributed by atoms with van der Waals surface area (Å²) in [5.41, 5.74) is 1.96. The van der Waals surface area contributed by atoms with Crippen LogP contribution < -0.4 is 15.1 Å². The molecule has 2 fully saturated rings. The second-order valence-corrected chi connectivity index (χ2v) is 5.35. The molecule has 106 valence electrons. The number of nitrogens with one attached hydrogen (secondary N) is 1. The fraction of sp³-hybridized carbons (Fsp3) is 0.429. The SMILES string of the molecule is CC1NC(=S)N(c2ccc(N3CCOCC3)cc2)C1=O. The number of carbonyl (C=O) groups is 1. The zero-order chi connectivity index (χ0) is 14.1. The largest absolute Gasteiger partial charge is 0.378 e. The van der Waals surface area contributed by atoms with Gasteiger partial charge in [0.25, 0.3) is 5.91 Å². The molecule has 0 saturated carbocycles. The highest BCUT2D eigenvalue weighted by molar-refractivity contribution is 7.80. The van der Waals surface area contributed by atoms with Crippen LogP contribution in [0, 0.1) is 0 Å². The van der Waals surface area contributed by atoms with E-state index in [4.69, 9.17) is 17.0 Å². The monoisotopic (exact) mass is 291 g/mol. The minimum atomic E-state index is -0.249. The number of rotatable bonds is 2. The molecule has 1 amide bonds. The average molecular weight is 291 g/mol. The number of morpholine rings is 1. The number of hydrogen-bond donors (Lipinski definition) is 1. The Kier molecular flexibility index (Phi) is 3.58. The molecular formula is C14H17N3O2S. The molecule has 0 spiro atoms.